The Hall–Kier alpha value is -2.26. The third-order valence-electron chi connectivity index (χ3n) is 4.17. The summed E-state index contributed by atoms with van der Waals surface area (Å²) >= 11 is 0. The Balaban J connectivity index is 1.89. The zero-order chi connectivity index (χ0) is 15.5. The van der Waals surface area contributed by atoms with E-state index in [9.17, 15) is 5.11 Å². The second-order valence-corrected chi connectivity index (χ2v) is 5.46. The number of para-hydroxylation sites is 1. The molecule has 3 rings (SSSR count). The predicted octanol–water partition coefficient (Wildman–Crippen LogP) is 3.82. The first-order valence-electron chi connectivity index (χ1n) is 7.83. The summed E-state index contributed by atoms with van der Waals surface area (Å²) in [5.74, 6) is 0. The van der Waals surface area contributed by atoms with Crippen LogP contribution in [0.5, 0.6) is 0 Å². The normalized spacial score (nSPS) is 18.1. The van der Waals surface area contributed by atoms with E-state index in [2.05, 4.69) is 54.4 Å². The molecule has 1 aliphatic rings. The molecule has 0 bridgehead atoms. The molecule has 2 N–H and O–H groups in total. The smallest absolute Gasteiger partial charge is 0.151 e. The number of nitrogens with one attached hydrogen (secondary N) is 1. The van der Waals surface area contributed by atoms with E-state index in [0.29, 0.717) is 0 Å². The van der Waals surface area contributed by atoms with Crippen LogP contribution in [0.3, 0.4) is 0 Å². The van der Waals surface area contributed by atoms with Gasteiger partial charge in [-0.2, -0.15) is 0 Å². The fourth-order valence-corrected chi connectivity index (χ4v) is 2.94. The maximum Gasteiger partial charge on any atom is 0.151 e. The van der Waals surface area contributed by atoms with E-state index in [-0.39, 0.29) is 0 Å². The molecule has 2 aromatic rings. The number of nitrogens with zero attached hydrogens (tertiary/aromatic N) is 1. The summed E-state index contributed by atoms with van der Waals surface area (Å²) in [6.45, 7) is 6.34. The summed E-state index contributed by atoms with van der Waals surface area (Å²) in [6.07, 6.45) is 1.41. The van der Waals surface area contributed by atoms with Gasteiger partial charge in [0.05, 0.1) is 0 Å². The average molecular weight is 294 g/mol. The van der Waals surface area contributed by atoms with Gasteiger partial charge in [0.2, 0.25) is 0 Å². The van der Waals surface area contributed by atoms with Crippen LogP contribution < -0.4 is 10.2 Å². The van der Waals surface area contributed by atoms with Crippen molar-refractivity contribution in [1.82, 2.24) is 0 Å². The van der Waals surface area contributed by atoms with E-state index in [1.54, 1.807) is 0 Å². The molecular formula is C19H22N2O. The van der Waals surface area contributed by atoms with Crippen molar-refractivity contribution in [3.63, 3.8) is 0 Å². The van der Waals surface area contributed by atoms with Crippen molar-refractivity contribution in [2.24, 2.45) is 0 Å². The Bertz CT molecular complexity index is 672. The third-order valence-corrected chi connectivity index (χ3v) is 4.17. The molecule has 0 aromatic heterocycles. The average Bonchev–Trinajstić information content (AvgIpc) is 2.86. The number of aliphatic hydroxyl groups is 1. The van der Waals surface area contributed by atoms with Crippen LogP contribution in [-0.4, -0.2) is 24.4 Å². The molecule has 2 aromatic carbocycles. The summed E-state index contributed by atoms with van der Waals surface area (Å²) in [7, 11) is 0. The maximum atomic E-state index is 10.2. The van der Waals surface area contributed by atoms with E-state index in [1.165, 1.54) is 5.69 Å². The van der Waals surface area contributed by atoms with Crippen LogP contribution >= 0.6 is 0 Å². The summed E-state index contributed by atoms with van der Waals surface area (Å²) in [5, 5.41) is 13.3. The van der Waals surface area contributed by atoms with Crippen LogP contribution in [0.2, 0.25) is 0 Å². The molecule has 1 heterocycles. The van der Waals surface area contributed by atoms with Gasteiger partial charge in [0.25, 0.3) is 0 Å². The first-order chi connectivity index (χ1) is 10.7. The summed E-state index contributed by atoms with van der Waals surface area (Å²) in [5.41, 5.74) is 5.32. The molecular weight excluding hydrogens is 272 g/mol. The van der Waals surface area contributed by atoms with Gasteiger partial charge < -0.3 is 15.3 Å². The lowest BCUT2D eigenvalue weighted by Crippen LogP contribution is -2.21. The van der Waals surface area contributed by atoms with Gasteiger partial charge in [-0.1, -0.05) is 30.3 Å². The molecule has 0 radical (unpaired) electrons. The largest absolute Gasteiger partial charge is 0.372 e. The Kier molecular flexibility index (Phi) is 4.16. The van der Waals surface area contributed by atoms with Crippen LogP contribution in [0, 0.1) is 0 Å². The molecule has 0 spiro atoms. The highest BCUT2D eigenvalue weighted by molar-refractivity contribution is 5.94. The topological polar surface area (TPSA) is 35.5 Å². The van der Waals surface area contributed by atoms with Gasteiger partial charge >= 0.3 is 0 Å². The van der Waals surface area contributed by atoms with E-state index >= 15 is 0 Å². The molecule has 22 heavy (non-hydrogen) atoms. The zero-order valence-electron chi connectivity index (χ0n) is 13.1. The van der Waals surface area contributed by atoms with Crippen LogP contribution in [0.1, 0.15) is 25.0 Å². The maximum absolute atomic E-state index is 10.2. The highest BCUT2D eigenvalue weighted by Gasteiger charge is 2.23. The molecule has 1 unspecified atom stereocenters. The minimum Gasteiger partial charge on any atom is -0.372 e. The lowest BCUT2D eigenvalue weighted by Gasteiger charge is -2.20. The molecule has 1 aliphatic heterocycles. The fourth-order valence-electron chi connectivity index (χ4n) is 2.94. The van der Waals surface area contributed by atoms with Gasteiger partial charge in [-0.25, -0.2) is 0 Å². The number of fused-ring (bicyclic) bond motifs is 1. The molecule has 114 valence electrons. The lowest BCUT2D eigenvalue weighted by atomic mass is 10.0. The number of anilines is 2. The SMILES string of the molecule is CCN(CC)c1ccc(/C=C2/c3ccccc3NC2O)cc1. The van der Waals surface area contributed by atoms with E-state index in [1.807, 2.05) is 24.3 Å². The van der Waals surface area contributed by atoms with Crippen molar-refractivity contribution in [3.05, 3.63) is 59.7 Å². The van der Waals surface area contributed by atoms with Gasteiger partial charge in [0.15, 0.2) is 6.23 Å². The van der Waals surface area contributed by atoms with Crippen molar-refractivity contribution in [2.75, 3.05) is 23.3 Å². The van der Waals surface area contributed by atoms with E-state index < -0.39 is 6.23 Å². The molecule has 3 nitrogen and oxygen atoms in total. The van der Waals surface area contributed by atoms with Gasteiger partial charge in [0, 0.05) is 35.6 Å². The van der Waals surface area contributed by atoms with Crippen molar-refractivity contribution in [3.8, 4) is 0 Å². The fraction of sp³-hybridized carbons (Fsp3) is 0.263. The van der Waals surface area contributed by atoms with Crippen LogP contribution in [0.4, 0.5) is 11.4 Å². The Labute approximate surface area is 131 Å². The number of rotatable bonds is 4. The first kappa shape index (κ1) is 14.7. The Morgan fingerprint density at radius 3 is 2.41 bits per heavy atom. The van der Waals surface area contributed by atoms with Crippen LogP contribution in [-0.2, 0) is 0 Å². The van der Waals surface area contributed by atoms with Crippen molar-refractivity contribution < 1.29 is 5.11 Å². The Morgan fingerprint density at radius 2 is 1.73 bits per heavy atom. The van der Waals surface area contributed by atoms with Gasteiger partial charge in [-0.15, -0.1) is 0 Å². The lowest BCUT2D eigenvalue weighted by molar-refractivity contribution is 0.266. The van der Waals surface area contributed by atoms with Gasteiger partial charge in [-0.3, -0.25) is 0 Å². The second kappa shape index (κ2) is 6.24. The number of benzene rings is 2. The standard InChI is InChI=1S/C19H22N2O/c1-3-21(4-2)15-11-9-14(10-12-15)13-17-16-7-5-6-8-18(16)20-19(17)22/h5-13,19-20,22H,3-4H2,1-2H3/b17-13-. The molecule has 0 amide bonds. The summed E-state index contributed by atoms with van der Waals surface area (Å²) in [4.78, 5) is 2.32. The molecule has 0 aliphatic carbocycles. The second-order valence-electron chi connectivity index (χ2n) is 5.46. The van der Waals surface area contributed by atoms with Crippen molar-refractivity contribution >= 4 is 23.0 Å². The van der Waals surface area contributed by atoms with Crippen molar-refractivity contribution in [1.29, 1.82) is 0 Å². The molecule has 0 saturated heterocycles. The highest BCUT2D eigenvalue weighted by atomic mass is 16.3. The minimum atomic E-state index is -0.639. The first-order valence-corrected chi connectivity index (χ1v) is 7.83. The third kappa shape index (κ3) is 2.72. The number of hydrogen-bond acceptors (Lipinski definition) is 3. The number of aliphatic hydroxyl groups excluding tert-OH is 1. The van der Waals surface area contributed by atoms with Crippen LogP contribution in [0.25, 0.3) is 11.6 Å². The highest BCUT2D eigenvalue weighted by Crippen LogP contribution is 2.35. The summed E-state index contributed by atoms with van der Waals surface area (Å²) in [6, 6.07) is 16.5. The minimum absolute atomic E-state index is 0.639. The van der Waals surface area contributed by atoms with Crippen molar-refractivity contribution in [2.45, 2.75) is 20.1 Å². The van der Waals surface area contributed by atoms with Gasteiger partial charge in [-0.05, 0) is 43.7 Å². The zero-order valence-corrected chi connectivity index (χ0v) is 13.1. The molecule has 3 heteroatoms. The molecule has 0 saturated carbocycles. The van der Waals surface area contributed by atoms with Crippen LogP contribution in [0.15, 0.2) is 48.5 Å². The monoisotopic (exact) mass is 294 g/mol. The van der Waals surface area contributed by atoms with E-state index in [0.717, 1.165) is 35.5 Å². The molecule has 1 atom stereocenters. The summed E-state index contributed by atoms with van der Waals surface area (Å²) < 4.78 is 0. The Morgan fingerprint density at radius 1 is 1.05 bits per heavy atom. The quantitative estimate of drug-likeness (QED) is 0.900. The predicted molar refractivity (Wildman–Crippen MR) is 93.9 cm³/mol. The molecule has 0 fully saturated rings. The van der Waals surface area contributed by atoms with E-state index in [4.69, 9.17) is 0 Å². The number of hydrogen-bond donors (Lipinski definition) is 2. The van der Waals surface area contributed by atoms with Gasteiger partial charge in [0.1, 0.15) is 0 Å².